The summed E-state index contributed by atoms with van der Waals surface area (Å²) in [6.45, 7) is 8.06. The van der Waals surface area contributed by atoms with Gasteiger partial charge in [0.15, 0.2) is 0 Å². The Balaban J connectivity index is 1.47. The van der Waals surface area contributed by atoms with Crippen LogP contribution in [0.15, 0.2) is 24.3 Å². The van der Waals surface area contributed by atoms with Gasteiger partial charge in [0, 0.05) is 5.41 Å². The number of carbonyl (C=O) groups is 1. The van der Waals surface area contributed by atoms with Crippen molar-refractivity contribution in [2.75, 3.05) is 0 Å². The highest BCUT2D eigenvalue weighted by atomic mass is 16.7. The van der Waals surface area contributed by atoms with Crippen LogP contribution in [0.1, 0.15) is 72.6 Å². The molecule has 160 valence electrons. The third-order valence-electron chi connectivity index (χ3n) is 7.28. The second-order valence-corrected chi connectivity index (χ2v) is 10.1. The van der Waals surface area contributed by atoms with Crippen molar-refractivity contribution in [2.24, 2.45) is 29.1 Å². The van der Waals surface area contributed by atoms with E-state index in [1.54, 1.807) is 0 Å². The maximum Gasteiger partial charge on any atom is 0.314 e. The molecular formula is C25H36O4. The molecule has 4 saturated carbocycles. The maximum atomic E-state index is 12.0. The van der Waals surface area contributed by atoms with Crippen molar-refractivity contribution in [1.82, 2.24) is 0 Å². The lowest BCUT2D eigenvalue weighted by Crippen LogP contribution is -2.54. The van der Waals surface area contributed by atoms with Crippen LogP contribution in [0.5, 0.6) is 11.5 Å². The van der Waals surface area contributed by atoms with Gasteiger partial charge < -0.3 is 14.2 Å². The molecule has 0 spiro atoms. The van der Waals surface area contributed by atoms with Gasteiger partial charge in [0.2, 0.25) is 6.29 Å². The van der Waals surface area contributed by atoms with E-state index < -0.39 is 0 Å². The molecule has 5 rings (SSSR count). The molecule has 0 aliphatic heterocycles. The normalized spacial score (nSPS) is 32.2. The molecule has 1 aromatic carbocycles. The van der Waals surface area contributed by atoms with Gasteiger partial charge >= 0.3 is 5.97 Å². The van der Waals surface area contributed by atoms with E-state index in [1.165, 1.54) is 38.5 Å². The van der Waals surface area contributed by atoms with Gasteiger partial charge in [-0.05, 0) is 101 Å². The van der Waals surface area contributed by atoms with Crippen molar-refractivity contribution in [3.05, 3.63) is 24.3 Å². The third kappa shape index (κ3) is 4.47. The van der Waals surface area contributed by atoms with E-state index in [9.17, 15) is 4.79 Å². The van der Waals surface area contributed by atoms with E-state index in [4.69, 9.17) is 14.2 Å². The molecule has 2 atom stereocenters. The molecular weight excluding hydrogens is 364 g/mol. The fourth-order valence-corrected chi connectivity index (χ4v) is 6.10. The fraction of sp³-hybridized carbons (Fsp3) is 0.720. The average molecular weight is 401 g/mol. The molecule has 0 N–H and O–H groups in total. The molecule has 1 aromatic rings. The zero-order valence-electron chi connectivity index (χ0n) is 18.4. The highest BCUT2D eigenvalue weighted by Gasteiger charge is 2.56. The molecule has 0 aromatic heterocycles. The van der Waals surface area contributed by atoms with E-state index in [0.29, 0.717) is 5.75 Å². The van der Waals surface area contributed by atoms with Crippen LogP contribution in [0.2, 0.25) is 0 Å². The molecule has 2 unspecified atom stereocenters. The average Bonchev–Trinajstić information content (AvgIpc) is 2.67. The Labute approximate surface area is 175 Å². The van der Waals surface area contributed by atoms with Crippen molar-refractivity contribution >= 4 is 5.97 Å². The van der Waals surface area contributed by atoms with Crippen molar-refractivity contribution in [3.8, 4) is 11.5 Å². The van der Waals surface area contributed by atoms with E-state index in [-0.39, 0.29) is 29.7 Å². The van der Waals surface area contributed by atoms with Gasteiger partial charge in [0.25, 0.3) is 0 Å². The highest BCUT2D eigenvalue weighted by molar-refractivity contribution is 5.74. The van der Waals surface area contributed by atoms with Gasteiger partial charge in [0.05, 0.1) is 12.0 Å². The summed E-state index contributed by atoms with van der Waals surface area (Å²) >= 11 is 0. The largest absolute Gasteiger partial charge is 0.464 e. The smallest absolute Gasteiger partial charge is 0.314 e. The number of ether oxygens (including phenoxy) is 3. The number of rotatable bonds is 8. The summed E-state index contributed by atoms with van der Waals surface area (Å²) in [7, 11) is 0. The van der Waals surface area contributed by atoms with E-state index >= 15 is 0 Å². The molecule has 0 heterocycles. The maximum absolute atomic E-state index is 12.0. The Kier molecular flexibility index (Phi) is 5.92. The van der Waals surface area contributed by atoms with Crippen LogP contribution < -0.4 is 9.47 Å². The minimum atomic E-state index is -0.204. The lowest BCUT2D eigenvalue weighted by atomic mass is 9.49. The fourth-order valence-electron chi connectivity index (χ4n) is 6.10. The first-order valence-electron chi connectivity index (χ1n) is 11.5. The van der Waals surface area contributed by atoms with Crippen LogP contribution in [0.25, 0.3) is 0 Å². The molecule has 0 amide bonds. The van der Waals surface area contributed by atoms with Crippen molar-refractivity contribution in [2.45, 2.75) is 85.0 Å². The highest BCUT2D eigenvalue weighted by Crippen LogP contribution is 2.62. The predicted molar refractivity (Wildman–Crippen MR) is 113 cm³/mol. The van der Waals surface area contributed by atoms with Gasteiger partial charge in [-0.3, -0.25) is 4.79 Å². The van der Waals surface area contributed by atoms with Crippen LogP contribution in [0.4, 0.5) is 0 Å². The second kappa shape index (κ2) is 8.29. The van der Waals surface area contributed by atoms with Gasteiger partial charge in [0.1, 0.15) is 11.5 Å². The van der Waals surface area contributed by atoms with Crippen LogP contribution >= 0.6 is 0 Å². The summed E-state index contributed by atoms with van der Waals surface area (Å²) in [5.41, 5.74) is 0.153. The van der Waals surface area contributed by atoms with Gasteiger partial charge in [-0.2, -0.15) is 0 Å². The number of carbonyl (C=O) groups excluding carboxylic acids is 1. The Bertz CT molecular complexity index is 673. The van der Waals surface area contributed by atoms with Gasteiger partial charge in [-0.15, -0.1) is 0 Å². The SMILES string of the molecule is CCC(C)C(=O)Oc1ccc(OC(OC(C)C)C23CC4CC(CC(C4)C2)C3)cc1. The van der Waals surface area contributed by atoms with Crippen LogP contribution in [-0.2, 0) is 9.53 Å². The molecule has 4 nitrogen and oxygen atoms in total. The van der Waals surface area contributed by atoms with Crippen LogP contribution in [-0.4, -0.2) is 18.4 Å². The quantitative estimate of drug-likeness (QED) is 0.306. The van der Waals surface area contributed by atoms with E-state index in [1.807, 2.05) is 38.1 Å². The molecule has 4 aliphatic carbocycles. The molecule has 4 fully saturated rings. The Morgan fingerprint density at radius 1 is 0.966 bits per heavy atom. The molecule has 4 bridgehead atoms. The van der Waals surface area contributed by atoms with E-state index in [2.05, 4.69) is 13.8 Å². The lowest BCUT2D eigenvalue weighted by molar-refractivity contribution is -0.227. The molecule has 0 saturated heterocycles. The Morgan fingerprint density at radius 3 is 1.97 bits per heavy atom. The monoisotopic (exact) mass is 400 g/mol. The van der Waals surface area contributed by atoms with Gasteiger partial charge in [-0.1, -0.05) is 13.8 Å². The number of esters is 1. The minimum absolute atomic E-state index is 0.0918. The van der Waals surface area contributed by atoms with Crippen LogP contribution in [0, 0.1) is 29.1 Å². The summed E-state index contributed by atoms with van der Waals surface area (Å²) in [5.74, 6) is 3.64. The predicted octanol–water partition coefficient (Wildman–Crippen LogP) is 5.98. The number of benzene rings is 1. The standard InChI is InChI=1S/C25H36O4/c1-5-17(4)23(26)28-21-6-8-22(9-7-21)29-24(27-16(2)3)25-13-18-10-19(14-25)12-20(11-18)15-25/h6-9,16-20,24H,5,10-15H2,1-4H3. The number of hydrogen-bond donors (Lipinski definition) is 0. The van der Waals surface area contributed by atoms with E-state index in [0.717, 1.165) is 29.9 Å². The second-order valence-electron chi connectivity index (χ2n) is 10.1. The zero-order valence-corrected chi connectivity index (χ0v) is 18.4. The molecule has 4 heteroatoms. The van der Waals surface area contributed by atoms with Crippen LogP contribution in [0.3, 0.4) is 0 Å². The minimum Gasteiger partial charge on any atom is -0.464 e. The van der Waals surface area contributed by atoms with Crippen molar-refractivity contribution in [1.29, 1.82) is 0 Å². The Hall–Kier alpha value is -1.55. The first-order chi connectivity index (χ1) is 13.9. The lowest BCUT2D eigenvalue weighted by Gasteiger charge is -2.58. The summed E-state index contributed by atoms with van der Waals surface area (Å²) in [4.78, 5) is 12.0. The van der Waals surface area contributed by atoms with Gasteiger partial charge in [-0.25, -0.2) is 0 Å². The summed E-state index contributed by atoms with van der Waals surface area (Å²) in [6, 6.07) is 7.44. The summed E-state index contributed by atoms with van der Waals surface area (Å²) in [5, 5.41) is 0. The first kappa shape index (κ1) is 20.7. The molecule has 29 heavy (non-hydrogen) atoms. The first-order valence-corrected chi connectivity index (χ1v) is 11.5. The van der Waals surface area contributed by atoms with Crippen molar-refractivity contribution < 1.29 is 19.0 Å². The summed E-state index contributed by atoms with van der Waals surface area (Å²) in [6.07, 6.45) is 8.63. The third-order valence-corrected chi connectivity index (χ3v) is 7.28. The Morgan fingerprint density at radius 2 is 1.48 bits per heavy atom. The molecule has 0 radical (unpaired) electrons. The topological polar surface area (TPSA) is 44.8 Å². The van der Waals surface area contributed by atoms with Crippen molar-refractivity contribution in [3.63, 3.8) is 0 Å². The zero-order chi connectivity index (χ0) is 20.6. The molecule has 4 aliphatic rings. The summed E-state index contributed by atoms with van der Waals surface area (Å²) < 4.78 is 18.3. The number of hydrogen-bond acceptors (Lipinski definition) is 4.